The molecular formula is C12H24FNS. The second-order valence-electron chi connectivity index (χ2n) is 5.06. The van der Waals surface area contributed by atoms with Crippen molar-refractivity contribution in [3.8, 4) is 0 Å². The fraction of sp³-hybridized carbons (Fsp3) is 1.00. The Morgan fingerprint density at radius 3 is 2.47 bits per heavy atom. The molecule has 0 unspecified atom stereocenters. The third kappa shape index (κ3) is 4.73. The summed E-state index contributed by atoms with van der Waals surface area (Å²) in [6.07, 6.45) is 5.89. The van der Waals surface area contributed by atoms with Gasteiger partial charge in [0.25, 0.3) is 0 Å². The monoisotopic (exact) mass is 233 g/mol. The minimum Gasteiger partial charge on any atom is -0.303 e. The molecule has 0 spiro atoms. The maximum Gasteiger partial charge on any atom is 0.108 e. The normalized spacial score (nSPS) is 32.2. The van der Waals surface area contributed by atoms with Crippen molar-refractivity contribution >= 4 is 12.6 Å². The zero-order valence-electron chi connectivity index (χ0n) is 10.0. The van der Waals surface area contributed by atoms with E-state index in [9.17, 15) is 4.39 Å². The van der Waals surface area contributed by atoms with Crippen LogP contribution >= 0.6 is 12.6 Å². The Kier molecular flexibility index (Phi) is 5.41. The minimum absolute atomic E-state index is 0.605. The van der Waals surface area contributed by atoms with Crippen LogP contribution in [0.3, 0.4) is 0 Å². The van der Waals surface area contributed by atoms with E-state index in [1.807, 2.05) is 0 Å². The quantitative estimate of drug-likeness (QED) is 0.563. The number of halogens is 1. The van der Waals surface area contributed by atoms with Gasteiger partial charge in [0, 0.05) is 6.04 Å². The predicted octanol–water partition coefficient (Wildman–Crippen LogP) is 3.30. The zero-order chi connectivity index (χ0) is 11.3. The highest BCUT2D eigenvalue weighted by Crippen LogP contribution is 2.33. The van der Waals surface area contributed by atoms with Gasteiger partial charge in [0.2, 0.25) is 0 Å². The first-order valence-corrected chi connectivity index (χ1v) is 6.68. The molecule has 3 heteroatoms. The maximum atomic E-state index is 13.6. The molecule has 15 heavy (non-hydrogen) atoms. The molecule has 0 saturated heterocycles. The van der Waals surface area contributed by atoms with Crippen molar-refractivity contribution in [2.75, 3.05) is 19.3 Å². The van der Waals surface area contributed by atoms with Gasteiger partial charge in [-0.2, -0.15) is 12.6 Å². The molecule has 0 aromatic carbocycles. The standard InChI is InChI=1S/C12H24FNS/c1-12(13)7-5-11(6-8-12)14(2)9-3-4-10-15/h11,15H,3-10H2,1-2H3. The lowest BCUT2D eigenvalue weighted by molar-refractivity contribution is 0.0763. The lowest BCUT2D eigenvalue weighted by Gasteiger charge is -2.36. The highest BCUT2D eigenvalue weighted by atomic mass is 32.1. The van der Waals surface area contributed by atoms with Gasteiger partial charge in [-0.15, -0.1) is 0 Å². The number of alkyl halides is 1. The number of nitrogens with zero attached hydrogens (tertiary/aromatic N) is 1. The molecular weight excluding hydrogens is 209 g/mol. The van der Waals surface area contributed by atoms with Gasteiger partial charge in [0.1, 0.15) is 5.67 Å². The number of rotatable bonds is 5. The number of hydrogen-bond donors (Lipinski definition) is 1. The number of thiol groups is 1. The highest BCUT2D eigenvalue weighted by molar-refractivity contribution is 7.80. The average molecular weight is 233 g/mol. The molecule has 0 N–H and O–H groups in total. The van der Waals surface area contributed by atoms with E-state index < -0.39 is 5.67 Å². The summed E-state index contributed by atoms with van der Waals surface area (Å²) in [6, 6.07) is 0.605. The molecule has 1 rings (SSSR count). The molecule has 0 amide bonds. The summed E-state index contributed by atoms with van der Waals surface area (Å²) in [6.45, 7) is 2.87. The third-order valence-electron chi connectivity index (χ3n) is 3.54. The highest BCUT2D eigenvalue weighted by Gasteiger charge is 2.31. The van der Waals surface area contributed by atoms with E-state index in [0.717, 1.165) is 38.0 Å². The van der Waals surface area contributed by atoms with Gasteiger partial charge in [-0.3, -0.25) is 0 Å². The first-order chi connectivity index (χ1) is 7.05. The van der Waals surface area contributed by atoms with Crippen LogP contribution in [-0.2, 0) is 0 Å². The molecule has 0 bridgehead atoms. The predicted molar refractivity (Wildman–Crippen MR) is 67.5 cm³/mol. The Balaban J connectivity index is 2.21. The van der Waals surface area contributed by atoms with E-state index in [4.69, 9.17) is 0 Å². The summed E-state index contributed by atoms with van der Waals surface area (Å²) in [7, 11) is 2.17. The largest absolute Gasteiger partial charge is 0.303 e. The van der Waals surface area contributed by atoms with Gasteiger partial charge in [0.05, 0.1) is 0 Å². The molecule has 0 aromatic rings. The smallest absolute Gasteiger partial charge is 0.108 e. The van der Waals surface area contributed by atoms with E-state index in [-0.39, 0.29) is 0 Å². The summed E-state index contributed by atoms with van der Waals surface area (Å²) >= 11 is 4.20. The van der Waals surface area contributed by atoms with Gasteiger partial charge in [-0.05, 0) is 64.8 Å². The fourth-order valence-electron chi connectivity index (χ4n) is 2.30. The van der Waals surface area contributed by atoms with Crippen LogP contribution in [0.2, 0.25) is 0 Å². The summed E-state index contributed by atoms with van der Waals surface area (Å²) < 4.78 is 13.6. The van der Waals surface area contributed by atoms with Gasteiger partial charge in [0.15, 0.2) is 0 Å². The van der Waals surface area contributed by atoms with Crippen LogP contribution < -0.4 is 0 Å². The van der Waals surface area contributed by atoms with E-state index in [1.165, 1.54) is 12.8 Å². The van der Waals surface area contributed by atoms with Gasteiger partial charge in [-0.1, -0.05) is 0 Å². The molecule has 1 aliphatic rings. The Labute approximate surface area is 98.8 Å². The molecule has 0 radical (unpaired) electrons. The van der Waals surface area contributed by atoms with Crippen molar-refractivity contribution in [2.24, 2.45) is 0 Å². The van der Waals surface area contributed by atoms with Crippen molar-refractivity contribution in [3.05, 3.63) is 0 Å². The van der Waals surface area contributed by atoms with Gasteiger partial charge in [-0.25, -0.2) is 4.39 Å². The van der Waals surface area contributed by atoms with Crippen molar-refractivity contribution in [1.29, 1.82) is 0 Å². The van der Waals surface area contributed by atoms with Gasteiger partial charge < -0.3 is 4.90 Å². The Bertz CT molecular complexity index is 174. The summed E-state index contributed by atoms with van der Waals surface area (Å²) in [5.41, 5.74) is -0.900. The summed E-state index contributed by atoms with van der Waals surface area (Å²) in [5.74, 6) is 0.973. The van der Waals surface area contributed by atoms with Crippen LogP contribution in [-0.4, -0.2) is 36.0 Å². The zero-order valence-corrected chi connectivity index (χ0v) is 10.9. The topological polar surface area (TPSA) is 3.24 Å². The molecule has 1 saturated carbocycles. The van der Waals surface area contributed by atoms with Crippen LogP contribution in [0.4, 0.5) is 4.39 Å². The molecule has 0 aromatic heterocycles. The fourth-order valence-corrected chi connectivity index (χ4v) is 2.52. The van der Waals surface area contributed by atoms with E-state index >= 15 is 0 Å². The van der Waals surface area contributed by atoms with Crippen LogP contribution in [0.5, 0.6) is 0 Å². The minimum atomic E-state index is -0.900. The Morgan fingerprint density at radius 1 is 1.33 bits per heavy atom. The van der Waals surface area contributed by atoms with E-state index in [1.54, 1.807) is 6.92 Å². The van der Waals surface area contributed by atoms with Crippen LogP contribution in [0.1, 0.15) is 45.4 Å². The second kappa shape index (κ2) is 6.09. The molecule has 1 fully saturated rings. The van der Waals surface area contributed by atoms with Crippen molar-refractivity contribution < 1.29 is 4.39 Å². The van der Waals surface area contributed by atoms with Crippen LogP contribution in [0.25, 0.3) is 0 Å². The molecule has 90 valence electrons. The molecule has 1 aliphatic carbocycles. The Hall–Kier alpha value is 0.240. The summed E-state index contributed by atoms with van der Waals surface area (Å²) in [5, 5.41) is 0. The van der Waals surface area contributed by atoms with Crippen LogP contribution in [0.15, 0.2) is 0 Å². The third-order valence-corrected chi connectivity index (χ3v) is 3.86. The van der Waals surface area contributed by atoms with Crippen molar-refractivity contribution in [3.63, 3.8) is 0 Å². The first kappa shape index (κ1) is 13.3. The molecule has 0 atom stereocenters. The van der Waals surface area contributed by atoms with Crippen molar-refractivity contribution in [1.82, 2.24) is 4.90 Å². The number of unbranched alkanes of at least 4 members (excludes halogenated alkanes) is 1. The number of hydrogen-bond acceptors (Lipinski definition) is 2. The molecule has 0 aliphatic heterocycles. The first-order valence-electron chi connectivity index (χ1n) is 6.05. The molecule has 1 nitrogen and oxygen atoms in total. The molecule has 0 heterocycles. The lowest BCUT2D eigenvalue weighted by atomic mass is 9.84. The average Bonchev–Trinajstić information content (AvgIpc) is 2.18. The van der Waals surface area contributed by atoms with Gasteiger partial charge >= 0.3 is 0 Å². The Morgan fingerprint density at radius 2 is 1.93 bits per heavy atom. The summed E-state index contributed by atoms with van der Waals surface area (Å²) in [4.78, 5) is 2.40. The maximum absolute atomic E-state index is 13.6. The SMILES string of the molecule is CN(CCCCS)C1CCC(C)(F)CC1. The van der Waals surface area contributed by atoms with Crippen LogP contribution in [0, 0.1) is 0 Å². The lowest BCUT2D eigenvalue weighted by Crippen LogP contribution is -2.39. The van der Waals surface area contributed by atoms with E-state index in [0.29, 0.717) is 6.04 Å². The van der Waals surface area contributed by atoms with E-state index in [2.05, 4.69) is 24.6 Å². The second-order valence-corrected chi connectivity index (χ2v) is 5.50. The van der Waals surface area contributed by atoms with Crippen molar-refractivity contribution in [2.45, 2.75) is 57.2 Å².